The van der Waals surface area contributed by atoms with E-state index in [-0.39, 0.29) is 11.8 Å². The van der Waals surface area contributed by atoms with Crippen LogP contribution in [0.3, 0.4) is 0 Å². The molecule has 0 saturated carbocycles. The zero-order valence-electron chi connectivity index (χ0n) is 23.4. The first-order chi connectivity index (χ1) is 20.2. The molecule has 1 aromatic heterocycles. The van der Waals surface area contributed by atoms with Gasteiger partial charge in [0.05, 0.1) is 11.1 Å². The minimum Gasteiger partial charge on any atom is -0.366 e. The number of fused-ring (bicyclic) bond motifs is 3. The zero-order valence-corrected chi connectivity index (χ0v) is 23.4. The summed E-state index contributed by atoms with van der Waals surface area (Å²) in [5.41, 5.74) is 10.7. The van der Waals surface area contributed by atoms with Crippen molar-refractivity contribution in [2.75, 3.05) is 45.2 Å². The minimum absolute atomic E-state index is 0.0273. The number of rotatable bonds is 5. The second-order valence-electron chi connectivity index (χ2n) is 10.7. The molecule has 1 saturated heterocycles. The number of aromatic amines is 1. The van der Waals surface area contributed by atoms with Gasteiger partial charge in [0.2, 0.25) is 0 Å². The Bertz CT molecular complexity index is 1860. The highest BCUT2D eigenvalue weighted by Crippen LogP contribution is 2.38. The van der Waals surface area contributed by atoms with E-state index < -0.39 is 11.7 Å². The Morgan fingerprint density at radius 1 is 0.881 bits per heavy atom. The molecule has 0 spiro atoms. The summed E-state index contributed by atoms with van der Waals surface area (Å²) in [4.78, 5) is 47.7. The van der Waals surface area contributed by atoms with E-state index in [0.717, 1.165) is 40.5 Å². The molecule has 0 unspecified atom stereocenters. The third kappa shape index (κ3) is 4.88. The molecule has 1 fully saturated rings. The maximum Gasteiger partial charge on any atom is 0.258 e. The molecule has 5 aromatic rings. The number of amides is 3. The van der Waals surface area contributed by atoms with Crippen LogP contribution in [0, 0.1) is 5.82 Å². The number of nitrogens with zero attached hydrogens (tertiary/aromatic N) is 3. The molecule has 6 rings (SSSR count). The van der Waals surface area contributed by atoms with E-state index in [1.54, 1.807) is 13.1 Å². The van der Waals surface area contributed by atoms with Gasteiger partial charge in [0, 0.05) is 66.3 Å². The highest BCUT2D eigenvalue weighted by Gasteiger charge is 2.23. The Labute approximate surface area is 242 Å². The first kappa shape index (κ1) is 27.2. The van der Waals surface area contributed by atoms with Gasteiger partial charge < -0.3 is 25.4 Å². The van der Waals surface area contributed by atoms with Crippen molar-refractivity contribution in [3.63, 3.8) is 0 Å². The van der Waals surface area contributed by atoms with Gasteiger partial charge in [0.1, 0.15) is 5.82 Å². The summed E-state index contributed by atoms with van der Waals surface area (Å²) in [7, 11) is 3.71. The fourth-order valence-electron chi connectivity index (χ4n) is 5.57. The highest BCUT2D eigenvalue weighted by molar-refractivity contribution is 6.20. The number of primary amides is 1. The molecule has 2 heterocycles. The Morgan fingerprint density at radius 2 is 1.60 bits per heavy atom. The van der Waals surface area contributed by atoms with Crippen LogP contribution in [-0.4, -0.2) is 72.8 Å². The Morgan fingerprint density at radius 3 is 2.31 bits per heavy atom. The first-order valence-corrected chi connectivity index (χ1v) is 13.7. The largest absolute Gasteiger partial charge is 0.366 e. The number of hydrogen-bond donors (Lipinski definition) is 2. The second-order valence-corrected chi connectivity index (χ2v) is 10.7. The van der Waals surface area contributed by atoms with Gasteiger partial charge in [0.15, 0.2) is 0 Å². The molecule has 0 atom stereocenters. The molecule has 0 aliphatic carbocycles. The zero-order chi connectivity index (χ0) is 29.5. The lowest BCUT2D eigenvalue weighted by molar-refractivity contribution is 0.0664. The topological polar surface area (TPSA) is 103 Å². The number of anilines is 1. The molecule has 3 N–H and O–H groups in total. The highest BCUT2D eigenvalue weighted by atomic mass is 19.1. The predicted molar refractivity (Wildman–Crippen MR) is 162 cm³/mol. The fraction of sp³-hybridized carbons (Fsp3) is 0.182. The molecular formula is C33H30FN5O3. The summed E-state index contributed by atoms with van der Waals surface area (Å²) in [6, 6.07) is 22.0. The third-order valence-electron chi connectivity index (χ3n) is 8.00. The normalized spacial score (nSPS) is 13.9. The number of likely N-dealkylation sites (N-methyl/N-ethyl adjacent to an activating group) is 1. The molecule has 212 valence electrons. The van der Waals surface area contributed by atoms with Crippen molar-refractivity contribution in [2.24, 2.45) is 5.73 Å². The van der Waals surface area contributed by atoms with E-state index in [4.69, 9.17) is 5.73 Å². The lowest BCUT2D eigenvalue weighted by Crippen LogP contribution is -2.47. The maximum atomic E-state index is 13.4. The average molecular weight is 564 g/mol. The van der Waals surface area contributed by atoms with E-state index in [9.17, 15) is 18.8 Å². The maximum absolute atomic E-state index is 13.4. The summed E-state index contributed by atoms with van der Waals surface area (Å²) in [5, 5.41) is 1.64. The Hall–Kier alpha value is -5.02. The molecule has 3 amide bonds. The number of halogens is 1. The van der Waals surface area contributed by atoms with E-state index in [1.165, 1.54) is 29.2 Å². The molecule has 8 nitrogen and oxygen atoms in total. The van der Waals surface area contributed by atoms with Gasteiger partial charge in [-0.15, -0.1) is 0 Å². The van der Waals surface area contributed by atoms with Gasteiger partial charge in [0.25, 0.3) is 17.7 Å². The monoisotopic (exact) mass is 563 g/mol. The van der Waals surface area contributed by atoms with Crippen molar-refractivity contribution in [1.82, 2.24) is 14.8 Å². The molecule has 9 heteroatoms. The van der Waals surface area contributed by atoms with E-state index in [0.29, 0.717) is 41.0 Å². The van der Waals surface area contributed by atoms with Crippen LogP contribution in [0.5, 0.6) is 0 Å². The van der Waals surface area contributed by atoms with Gasteiger partial charge in [-0.25, -0.2) is 4.39 Å². The Balaban J connectivity index is 1.42. The summed E-state index contributed by atoms with van der Waals surface area (Å²) in [6.45, 7) is 3.00. The number of H-pyrrole nitrogens is 1. The molecular weight excluding hydrogens is 533 g/mol. The molecule has 0 radical (unpaired) electrons. The first-order valence-electron chi connectivity index (χ1n) is 13.7. The third-order valence-corrected chi connectivity index (χ3v) is 8.00. The van der Waals surface area contributed by atoms with Crippen molar-refractivity contribution in [3.05, 3.63) is 101 Å². The van der Waals surface area contributed by atoms with Crippen LogP contribution in [0.4, 0.5) is 10.1 Å². The van der Waals surface area contributed by atoms with Crippen molar-refractivity contribution < 1.29 is 18.8 Å². The predicted octanol–water partition coefficient (Wildman–Crippen LogP) is 4.89. The van der Waals surface area contributed by atoms with E-state index in [1.807, 2.05) is 60.5 Å². The summed E-state index contributed by atoms with van der Waals surface area (Å²) < 4.78 is 13.4. The number of carbonyl (C=O) groups is 3. The van der Waals surface area contributed by atoms with Crippen molar-refractivity contribution in [3.8, 4) is 11.1 Å². The van der Waals surface area contributed by atoms with Gasteiger partial charge in [-0.05, 0) is 72.8 Å². The van der Waals surface area contributed by atoms with Crippen LogP contribution in [0.1, 0.15) is 31.1 Å². The molecule has 1 aliphatic rings. The second kappa shape index (κ2) is 10.8. The van der Waals surface area contributed by atoms with Gasteiger partial charge >= 0.3 is 0 Å². The van der Waals surface area contributed by atoms with Crippen LogP contribution in [0.15, 0.2) is 78.9 Å². The number of piperazine rings is 1. The van der Waals surface area contributed by atoms with Crippen LogP contribution < -0.4 is 10.6 Å². The molecule has 42 heavy (non-hydrogen) atoms. The van der Waals surface area contributed by atoms with E-state index in [2.05, 4.69) is 9.88 Å². The van der Waals surface area contributed by atoms with Crippen LogP contribution >= 0.6 is 0 Å². The number of nitrogens with two attached hydrogens (primary N) is 1. The van der Waals surface area contributed by atoms with Crippen LogP contribution in [0.2, 0.25) is 0 Å². The summed E-state index contributed by atoms with van der Waals surface area (Å²) in [5.74, 6) is -1.27. The Kier molecular flexibility index (Phi) is 6.96. The summed E-state index contributed by atoms with van der Waals surface area (Å²) >= 11 is 0. The SMILES string of the molecule is CN1CCN(C(=O)c2ccc3c(c2)[nH]c2c(C(N)=O)ccc(-c4cccc(N(C)C(=O)c5ccc(F)cc5)c4)c23)CC1. The smallest absolute Gasteiger partial charge is 0.258 e. The van der Waals surface area contributed by atoms with E-state index >= 15 is 0 Å². The van der Waals surface area contributed by atoms with Crippen LogP contribution in [-0.2, 0) is 0 Å². The lowest BCUT2D eigenvalue weighted by Gasteiger charge is -2.32. The quantitative estimate of drug-likeness (QED) is 0.318. The number of benzene rings is 4. The van der Waals surface area contributed by atoms with Gasteiger partial charge in [-0.3, -0.25) is 14.4 Å². The standard InChI is InChI=1S/C33H30FN5O3/c1-37-14-16-39(17-15-37)33(42)22-8-11-26-28(19-22)36-30-27(31(35)40)13-12-25(29(26)30)21-4-3-5-24(18-21)38(2)32(41)20-6-9-23(34)10-7-20/h3-13,18-19,36H,14-17H2,1-2H3,(H2,35,40). The van der Waals surface area contributed by atoms with Crippen LogP contribution in [0.25, 0.3) is 32.9 Å². The minimum atomic E-state index is -0.565. The van der Waals surface area contributed by atoms with Crippen molar-refractivity contribution >= 4 is 45.2 Å². The molecule has 0 bridgehead atoms. The number of nitrogens with one attached hydrogen (secondary N) is 1. The van der Waals surface area contributed by atoms with Gasteiger partial charge in [-0.1, -0.05) is 24.3 Å². The number of aromatic nitrogens is 1. The number of hydrogen-bond acceptors (Lipinski definition) is 4. The summed E-state index contributed by atoms with van der Waals surface area (Å²) in [6.07, 6.45) is 0. The lowest BCUT2D eigenvalue weighted by atomic mass is 9.96. The van der Waals surface area contributed by atoms with Gasteiger partial charge in [-0.2, -0.15) is 0 Å². The average Bonchev–Trinajstić information content (AvgIpc) is 3.39. The van der Waals surface area contributed by atoms with Crippen molar-refractivity contribution in [2.45, 2.75) is 0 Å². The number of carbonyl (C=O) groups excluding carboxylic acids is 3. The molecule has 1 aliphatic heterocycles. The molecule has 4 aromatic carbocycles. The fourth-order valence-corrected chi connectivity index (χ4v) is 5.57. The van der Waals surface area contributed by atoms with Crippen molar-refractivity contribution in [1.29, 1.82) is 0 Å².